The third-order valence-corrected chi connectivity index (χ3v) is 6.61. The van der Waals surface area contributed by atoms with Crippen molar-refractivity contribution >= 4 is 55.9 Å². The second kappa shape index (κ2) is 8.19. The topological polar surface area (TPSA) is 44.4 Å². The molecule has 1 amide bonds. The van der Waals surface area contributed by atoms with Crippen LogP contribution in [-0.4, -0.2) is 29.2 Å². The zero-order valence-electron chi connectivity index (χ0n) is 14.0. The van der Waals surface area contributed by atoms with E-state index in [1.165, 1.54) is 18.2 Å². The summed E-state index contributed by atoms with van der Waals surface area (Å²) in [6.07, 6.45) is 0.595. The number of halogens is 3. The molecule has 3 atom stereocenters. The Balaban J connectivity index is 1.77. The zero-order chi connectivity index (χ0) is 18.8. The maximum atomic E-state index is 13.3. The van der Waals surface area contributed by atoms with Gasteiger partial charge in [0.05, 0.1) is 5.02 Å². The normalized spacial score (nSPS) is 23.6. The Morgan fingerprint density at radius 2 is 2.08 bits per heavy atom. The van der Waals surface area contributed by atoms with E-state index in [4.69, 9.17) is 11.6 Å². The van der Waals surface area contributed by atoms with E-state index < -0.39 is 16.7 Å². The smallest absolute Gasteiger partial charge is 0.242 e. The molecule has 0 aromatic heterocycles. The minimum absolute atomic E-state index is 0.0210. The first kappa shape index (κ1) is 19.5. The van der Waals surface area contributed by atoms with E-state index in [-0.39, 0.29) is 23.0 Å². The molecule has 1 fully saturated rings. The number of likely N-dealkylation sites (N-methyl/N-ethyl adjacent to an activating group) is 1. The minimum atomic E-state index is -0.516. The molecule has 0 aliphatic carbocycles. The molecule has 2 aromatic carbocycles. The summed E-state index contributed by atoms with van der Waals surface area (Å²) in [7, 11) is 1.35. The Bertz CT molecular complexity index is 849. The van der Waals surface area contributed by atoms with Gasteiger partial charge in [0.15, 0.2) is 0 Å². The number of nitrogens with zero attached hydrogens (tertiary/aromatic N) is 1. The molecular weight excluding hydrogens is 441 g/mol. The summed E-state index contributed by atoms with van der Waals surface area (Å²) in [5.74, 6) is 3.44. The minimum Gasteiger partial charge on any atom is -0.325 e. The molecule has 138 valence electrons. The van der Waals surface area contributed by atoms with Crippen LogP contribution in [0, 0.1) is 5.82 Å². The number of hydrogen-bond donors (Lipinski definition) is 2. The lowest BCUT2D eigenvalue weighted by atomic mass is 9.99. The number of hydrogen-bond acceptors (Lipinski definition) is 3. The van der Waals surface area contributed by atoms with Crippen molar-refractivity contribution in [3.63, 3.8) is 0 Å². The molecule has 2 aromatic rings. The second-order valence-corrected chi connectivity index (χ2v) is 8.87. The van der Waals surface area contributed by atoms with Gasteiger partial charge in [0, 0.05) is 16.2 Å². The van der Waals surface area contributed by atoms with Crippen molar-refractivity contribution in [1.29, 1.82) is 0 Å². The van der Waals surface area contributed by atoms with Crippen LogP contribution in [-0.2, 0) is 4.79 Å². The summed E-state index contributed by atoms with van der Waals surface area (Å²) in [6.45, 7) is 0. The SMILES string of the molecule is C=S1NC(c2ccc(Br)cc2)CC(C(=O)Nc2ccc(F)c(Cl)c2)N1C. The van der Waals surface area contributed by atoms with E-state index in [0.29, 0.717) is 12.1 Å². The van der Waals surface area contributed by atoms with Gasteiger partial charge >= 0.3 is 0 Å². The molecule has 0 radical (unpaired) electrons. The van der Waals surface area contributed by atoms with Crippen LogP contribution in [0.2, 0.25) is 5.02 Å². The number of benzene rings is 2. The highest BCUT2D eigenvalue weighted by Gasteiger charge is 2.33. The number of anilines is 1. The van der Waals surface area contributed by atoms with E-state index >= 15 is 0 Å². The summed E-state index contributed by atoms with van der Waals surface area (Å²) < 4.78 is 19.7. The highest BCUT2D eigenvalue weighted by atomic mass is 79.9. The first-order chi connectivity index (χ1) is 12.3. The molecular formula is C18H18BrClFN3OS. The van der Waals surface area contributed by atoms with Gasteiger partial charge in [-0.15, -0.1) is 0 Å². The van der Waals surface area contributed by atoms with Gasteiger partial charge in [0.25, 0.3) is 0 Å². The van der Waals surface area contributed by atoms with Crippen molar-refractivity contribution in [1.82, 2.24) is 9.03 Å². The van der Waals surface area contributed by atoms with E-state index in [1.807, 2.05) is 35.6 Å². The maximum absolute atomic E-state index is 13.3. The fraction of sp³-hybridized carbons (Fsp3) is 0.222. The summed E-state index contributed by atoms with van der Waals surface area (Å²) >= 11 is 9.22. The van der Waals surface area contributed by atoms with Crippen LogP contribution in [0.15, 0.2) is 46.9 Å². The number of rotatable bonds is 3. The van der Waals surface area contributed by atoms with Crippen molar-refractivity contribution in [3.05, 3.63) is 63.3 Å². The third-order valence-electron chi connectivity index (χ3n) is 4.29. The Hall–Kier alpha value is -1.25. The molecule has 4 nitrogen and oxygen atoms in total. The fourth-order valence-corrected chi connectivity index (χ4v) is 4.45. The van der Waals surface area contributed by atoms with Gasteiger partial charge in [0.2, 0.25) is 5.91 Å². The molecule has 0 saturated carbocycles. The number of amides is 1. The van der Waals surface area contributed by atoms with Gasteiger partial charge in [0.1, 0.15) is 11.9 Å². The maximum Gasteiger partial charge on any atom is 0.242 e. The average Bonchev–Trinajstić information content (AvgIpc) is 2.61. The summed E-state index contributed by atoms with van der Waals surface area (Å²) in [4.78, 5) is 12.8. The highest BCUT2D eigenvalue weighted by molar-refractivity contribution is 9.10. The van der Waals surface area contributed by atoms with Gasteiger partial charge in [-0.3, -0.25) is 9.52 Å². The summed E-state index contributed by atoms with van der Waals surface area (Å²) in [6, 6.07) is 11.8. The predicted octanol–water partition coefficient (Wildman–Crippen LogP) is 4.75. The van der Waals surface area contributed by atoms with Gasteiger partial charge in [-0.1, -0.05) is 50.5 Å². The molecule has 1 aliphatic rings. The Morgan fingerprint density at radius 1 is 1.38 bits per heavy atom. The lowest BCUT2D eigenvalue weighted by Crippen LogP contribution is -2.47. The predicted molar refractivity (Wildman–Crippen MR) is 111 cm³/mol. The lowest BCUT2D eigenvalue weighted by molar-refractivity contribution is -0.119. The molecule has 2 N–H and O–H groups in total. The standard InChI is InChI=1S/C18H18BrClFN3OS/c1-24-17(18(25)22-13-7-8-15(21)14(20)9-13)10-16(23-26(24)2)11-3-5-12(19)6-4-11/h3-9,16-17,23H,2,10H2,1H3,(H,22,25). The van der Waals surface area contributed by atoms with Gasteiger partial charge in [-0.25, -0.2) is 8.70 Å². The van der Waals surface area contributed by atoms with Crippen molar-refractivity contribution in [2.45, 2.75) is 18.5 Å². The molecule has 3 rings (SSSR count). The monoisotopic (exact) mass is 457 g/mol. The van der Waals surface area contributed by atoms with Crippen molar-refractivity contribution in [2.24, 2.45) is 0 Å². The van der Waals surface area contributed by atoms with Crippen molar-refractivity contribution in [2.75, 3.05) is 12.4 Å². The molecule has 1 aliphatic heterocycles. The Kier molecular flexibility index (Phi) is 6.14. The average molecular weight is 459 g/mol. The van der Waals surface area contributed by atoms with E-state index in [2.05, 4.69) is 31.8 Å². The molecule has 0 spiro atoms. The van der Waals surface area contributed by atoms with E-state index in [0.717, 1.165) is 10.0 Å². The van der Waals surface area contributed by atoms with Crippen LogP contribution < -0.4 is 10.0 Å². The molecule has 26 heavy (non-hydrogen) atoms. The van der Waals surface area contributed by atoms with E-state index in [1.54, 1.807) is 0 Å². The number of nitrogens with one attached hydrogen (secondary N) is 2. The fourth-order valence-electron chi connectivity index (χ4n) is 2.79. The first-order valence-corrected chi connectivity index (χ1v) is 10.4. The van der Waals surface area contributed by atoms with Crippen LogP contribution >= 0.6 is 38.4 Å². The molecule has 1 saturated heterocycles. The third kappa shape index (κ3) is 4.35. The van der Waals surface area contributed by atoms with Gasteiger partial charge < -0.3 is 5.32 Å². The van der Waals surface area contributed by atoms with Crippen molar-refractivity contribution < 1.29 is 9.18 Å². The number of carbonyl (C=O) groups excluding carboxylic acids is 1. The second-order valence-electron chi connectivity index (χ2n) is 6.00. The van der Waals surface area contributed by atoms with Crippen LogP contribution in [0.1, 0.15) is 18.0 Å². The van der Waals surface area contributed by atoms with Gasteiger partial charge in [-0.2, -0.15) is 0 Å². The first-order valence-electron chi connectivity index (χ1n) is 7.89. The van der Waals surface area contributed by atoms with E-state index in [9.17, 15) is 9.18 Å². The Labute approximate surface area is 168 Å². The van der Waals surface area contributed by atoms with Crippen LogP contribution in [0.5, 0.6) is 0 Å². The highest BCUT2D eigenvalue weighted by Crippen LogP contribution is 2.34. The van der Waals surface area contributed by atoms with Crippen LogP contribution in [0.3, 0.4) is 0 Å². The summed E-state index contributed by atoms with van der Waals surface area (Å²) in [5, 5.41) is 2.80. The zero-order valence-corrected chi connectivity index (χ0v) is 17.2. The van der Waals surface area contributed by atoms with Crippen LogP contribution in [0.25, 0.3) is 0 Å². The van der Waals surface area contributed by atoms with Gasteiger partial charge in [-0.05, 0) is 55.2 Å². The molecule has 3 unspecified atom stereocenters. The molecule has 1 heterocycles. The largest absolute Gasteiger partial charge is 0.325 e. The molecule has 8 heteroatoms. The van der Waals surface area contributed by atoms with Crippen LogP contribution in [0.4, 0.5) is 10.1 Å². The lowest BCUT2D eigenvalue weighted by Gasteiger charge is -2.39. The summed E-state index contributed by atoms with van der Waals surface area (Å²) in [5.41, 5.74) is 1.57. The Morgan fingerprint density at radius 3 is 2.73 bits per heavy atom. The quantitative estimate of drug-likeness (QED) is 0.653. The van der Waals surface area contributed by atoms with Crippen molar-refractivity contribution in [3.8, 4) is 0 Å². The number of carbonyl (C=O) groups is 1. The molecule has 0 bridgehead atoms.